The predicted molar refractivity (Wildman–Crippen MR) is 91.8 cm³/mol. The molecule has 2 rings (SSSR count). The predicted octanol–water partition coefficient (Wildman–Crippen LogP) is 4.42. The van der Waals surface area contributed by atoms with Crippen LogP contribution in [0.15, 0.2) is 29.2 Å². The van der Waals surface area contributed by atoms with Gasteiger partial charge in [-0.15, -0.1) is 0 Å². The van der Waals surface area contributed by atoms with Gasteiger partial charge in [0, 0.05) is 18.7 Å². The van der Waals surface area contributed by atoms with Crippen LogP contribution in [0, 0.1) is 20.8 Å². The van der Waals surface area contributed by atoms with E-state index in [9.17, 15) is 4.79 Å². The molecule has 3 heteroatoms. The van der Waals surface area contributed by atoms with Crippen LogP contribution in [0.4, 0.5) is 0 Å². The van der Waals surface area contributed by atoms with Gasteiger partial charge in [0.25, 0.3) is 5.56 Å². The van der Waals surface area contributed by atoms with Crippen molar-refractivity contribution in [1.82, 2.24) is 9.78 Å². The van der Waals surface area contributed by atoms with Crippen LogP contribution in [0.5, 0.6) is 0 Å². The molecule has 0 unspecified atom stereocenters. The minimum Gasteiger partial charge on any atom is -0.268 e. The Morgan fingerprint density at radius 1 is 0.857 bits per heavy atom. The van der Waals surface area contributed by atoms with Crippen LogP contribution in [0.25, 0.3) is 11.1 Å². The number of hydrogen-bond acceptors (Lipinski definition) is 2. The van der Waals surface area contributed by atoms with Gasteiger partial charge in [-0.1, -0.05) is 39.8 Å². The van der Waals surface area contributed by atoms with Crippen molar-refractivity contribution in [3.63, 3.8) is 0 Å². The average molecular weight is 288 g/mol. The molecule has 0 spiro atoms. The highest BCUT2D eigenvalue weighted by Gasteiger charge is 2.04. The molecule has 0 radical (unpaired) electrons. The number of aryl methyl sites for hydroxylation is 3. The van der Waals surface area contributed by atoms with Crippen molar-refractivity contribution in [1.29, 1.82) is 0 Å². The second-order valence-corrected chi connectivity index (χ2v) is 4.44. The number of aromatic nitrogens is 2. The Hall–Kier alpha value is -1.90. The van der Waals surface area contributed by atoms with Crippen molar-refractivity contribution in [3.8, 4) is 11.1 Å². The molecule has 3 nitrogen and oxygen atoms in total. The van der Waals surface area contributed by atoms with Crippen molar-refractivity contribution < 1.29 is 0 Å². The Labute approximate surface area is 128 Å². The first kappa shape index (κ1) is 19.1. The molecule has 0 aliphatic heterocycles. The van der Waals surface area contributed by atoms with Crippen molar-refractivity contribution in [2.75, 3.05) is 0 Å². The van der Waals surface area contributed by atoms with Crippen molar-refractivity contribution in [3.05, 3.63) is 51.4 Å². The topological polar surface area (TPSA) is 34.9 Å². The molecule has 0 saturated carbocycles. The van der Waals surface area contributed by atoms with Crippen LogP contribution in [0.3, 0.4) is 0 Å². The second kappa shape index (κ2) is 9.11. The van der Waals surface area contributed by atoms with Gasteiger partial charge in [0.05, 0.1) is 6.20 Å². The third-order valence-electron chi connectivity index (χ3n) is 3.23. The molecule has 1 heterocycles. The van der Waals surface area contributed by atoms with Gasteiger partial charge in [-0.05, 0) is 43.0 Å². The highest BCUT2D eigenvalue weighted by Crippen LogP contribution is 2.23. The zero-order valence-electron chi connectivity index (χ0n) is 14.6. The summed E-state index contributed by atoms with van der Waals surface area (Å²) in [6, 6.07) is 5.81. The third kappa shape index (κ3) is 4.85. The SMILES string of the molecule is CC.CC.Cc1cc(-c2cnn(C)c(=O)c2)cc(C)c1C. The maximum atomic E-state index is 11.6. The summed E-state index contributed by atoms with van der Waals surface area (Å²) in [6.07, 6.45) is 1.73. The zero-order valence-corrected chi connectivity index (χ0v) is 14.6. The Bertz CT molecular complexity index is 604. The van der Waals surface area contributed by atoms with Gasteiger partial charge in [0.2, 0.25) is 0 Å². The maximum Gasteiger partial charge on any atom is 0.267 e. The summed E-state index contributed by atoms with van der Waals surface area (Å²) in [6.45, 7) is 14.3. The standard InChI is InChI=1S/C14H16N2O.2C2H6/c1-9-5-12(6-10(2)11(9)3)13-7-14(17)16(4)15-8-13;2*1-2/h5-8H,1-4H3;2*1-2H3. The molecule has 21 heavy (non-hydrogen) atoms. The minimum absolute atomic E-state index is 0.0848. The molecule has 116 valence electrons. The maximum absolute atomic E-state index is 11.6. The van der Waals surface area contributed by atoms with E-state index in [0.29, 0.717) is 0 Å². The summed E-state index contributed by atoms with van der Waals surface area (Å²) in [7, 11) is 1.65. The third-order valence-corrected chi connectivity index (χ3v) is 3.23. The fraction of sp³-hybridized carbons (Fsp3) is 0.444. The number of rotatable bonds is 1. The molecule has 0 atom stereocenters. The van der Waals surface area contributed by atoms with Crippen LogP contribution >= 0.6 is 0 Å². The molecule has 0 bridgehead atoms. The van der Waals surface area contributed by atoms with E-state index in [0.717, 1.165) is 11.1 Å². The van der Waals surface area contributed by atoms with E-state index in [1.807, 2.05) is 27.7 Å². The van der Waals surface area contributed by atoms with Crippen LogP contribution < -0.4 is 5.56 Å². The van der Waals surface area contributed by atoms with Gasteiger partial charge >= 0.3 is 0 Å². The quantitative estimate of drug-likeness (QED) is 0.778. The summed E-state index contributed by atoms with van der Waals surface area (Å²) in [5.74, 6) is 0. The summed E-state index contributed by atoms with van der Waals surface area (Å²) in [5, 5.41) is 4.04. The summed E-state index contributed by atoms with van der Waals surface area (Å²) in [4.78, 5) is 11.6. The van der Waals surface area contributed by atoms with Crippen LogP contribution in [0.2, 0.25) is 0 Å². The largest absolute Gasteiger partial charge is 0.268 e. The Morgan fingerprint density at radius 2 is 1.33 bits per heavy atom. The van der Waals surface area contributed by atoms with Gasteiger partial charge < -0.3 is 0 Å². The molecular weight excluding hydrogens is 260 g/mol. The normalized spacial score (nSPS) is 9.14. The monoisotopic (exact) mass is 288 g/mol. The van der Waals surface area contributed by atoms with E-state index in [2.05, 4.69) is 38.0 Å². The molecule has 2 aromatic rings. The molecule has 0 saturated heterocycles. The first-order valence-electron chi connectivity index (χ1n) is 7.60. The fourth-order valence-corrected chi connectivity index (χ4v) is 1.83. The van der Waals surface area contributed by atoms with E-state index in [4.69, 9.17) is 0 Å². The Morgan fingerprint density at radius 3 is 1.76 bits per heavy atom. The second-order valence-electron chi connectivity index (χ2n) is 4.44. The molecular formula is C18H28N2O. The summed E-state index contributed by atoms with van der Waals surface area (Å²) < 4.78 is 1.33. The minimum atomic E-state index is -0.0848. The highest BCUT2D eigenvalue weighted by molar-refractivity contribution is 5.64. The molecule has 1 aromatic heterocycles. The van der Waals surface area contributed by atoms with Crippen LogP contribution in [-0.2, 0) is 7.05 Å². The lowest BCUT2D eigenvalue weighted by Gasteiger charge is -2.09. The van der Waals surface area contributed by atoms with E-state index in [1.165, 1.54) is 21.4 Å². The molecule has 0 fully saturated rings. The number of hydrogen-bond donors (Lipinski definition) is 0. The van der Waals surface area contributed by atoms with Crippen molar-refractivity contribution in [2.24, 2.45) is 7.05 Å². The average Bonchev–Trinajstić information content (AvgIpc) is 2.51. The Kier molecular flexibility index (Phi) is 8.29. The van der Waals surface area contributed by atoms with Crippen molar-refractivity contribution >= 4 is 0 Å². The van der Waals surface area contributed by atoms with E-state index >= 15 is 0 Å². The lowest BCUT2D eigenvalue weighted by molar-refractivity contribution is 0.708. The summed E-state index contributed by atoms with van der Waals surface area (Å²) >= 11 is 0. The highest BCUT2D eigenvalue weighted by atomic mass is 16.1. The van der Waals surface area contributed by atoms with Crippen LogP contribution in [0.1, 0.15) is 44.4 Å². The first-order valence-corrected chi connectivity index (χ1v) is 7.60. The molecule has 0 N–H and O–H groups in total. The smallest absolute Gasteiger partial charge is 0.267 e. The lowest BCUT2D eigenvalue weighted by Crippen LogP contribution is -2.17. The first-order chi connectivity index (χ1) is 9.99. The van der Waals surface area contributed by atoms with Gasteiger partial charge in [-0.2, -0.15) is 5.10 Å². The number of nitrogens with zero attached hydrogens (tertiary/aromatic N) is 2. The molecule has 1 aromatic carbocycles. The van der Waals surface area contributed by atoms with E-state index in [-0.39, 0.29) is 5.56 Å². The molecule has 0 amide bonds. The van der Waals surface area contributed by atoms with Gasteiger partial charge in [0.1, 0.15) is 0 Å². The molecule has 0 aliphatic rings. The number of benzene rings is 1. The van der Waals surface area contributed by atoms with Gasteiger partial charge in [0.15, 0.2) is 0 Å². The van der Waals surface area contributed by atoms with Crippen LogP contribution in [-0.4, -0.2) is 9.78 Å². The van der Waals surface area contributed by atoms with Gasteiger partial charge in [-0.25, -0.2) is 4.68 Å². The zero-order chi connectivity index (χ0) is 16.6. The summed E-state index contributed by atoms with van der Waals surface area (Å²) in [5.41, 5.74) is 5.61. The van der Waals surface area contributed by atoms with Crippen molar-refractivity contribution in [2.45, 2.75) is 48.5 Å². The fourth-order valence-electron chi connectivity index (χ4n) is 1.83. The molecule has 0 aliphatic carbocycles. The van der Waals surface area contributed by atoms with E-state index < -0.39 is 0 Å². The Balaban J connectivity index is 0.000000921. The lowest BCUT2D eigenvalue weighted by atomic mass is 9.97. The van der Waals surface area contributed by atoms with E-state index in [1.54, 1.807) is 19.3 Å². The van der Waals surface area contributed by atoms with Gasteiger partial charge in [-0.3, -0.25) is 4.79 Å².